The second kappa shape index (κ2) is 15.1. The summed E-state index contributed by atoms with van der Waals surface area (Å²) in [5, 5.41) is 0. The Kier molecular flexibility index (Phi) is 10.5. The van der Waals surface area contributed by atoms with Crippen molar-refractivity contribution in [2.24, 2.45) is 0 Å². The lowest BCUT2D eigenvalue weighted by Gasteiger charge is -2.12. The molecule has 0 aliphatic rings. The van der Waals surface area contributed by atoms with Crippen molar-refractivity contribution in [2.75, 3.05) is 0 Å². The minimum absolute atomic E-state index is 0.0186. The lowest BCUT2D eigenvalue weighted by Crippen LogP contribution is -2.10. The van der Waals surface area contributed by atoms with Crippen molar-refractivity contribution in [3.05, 3.63) is 212 Å². The molecule has 0 aliphatic heterocycles. The molecule has 0 unspecified atom stereocenters. The summed E-state index contributed by atoms with van der Waals surface area (Å²) in [5.41, 5.74) is 8.94. The molecule has 48 heavy (non-hydrogen) atoms. The van der Waals surface area contributed by atoms with Crippen molar-refractivity contribution in [1.29, 1.82) is 0 Å². The fourth-order valence-corrected chi connectivity index (χ4v) is 5.40. The first-order valence-corrected chi connectivity index (χ1v) is 15.8. The van der Waals surface area contributed by atoms with Crippen LogP contribution in [0.15, 0.2) is 146 Å². The highest BCUT2D eigenvalue weighted by Crippen LogP contribution is 2.23. The third kappa shape index (κ3) is 7.68. The van der Waals surface area contributed by atoms with Crippen LogP contribution in [-0.2, 0) is 0 Å². The predicted molar refractivity (Wildman–Crippen MR) is 191 cm³/mol. The third-order valence-electron chi connectivity index (χ3n) is 8.35. The molecule has 0 N–H and O–H groups in total. The Morgan fingerprint density at radius 1 is 0.312 bits per heavy atom. The van der Waals surface area contributed by atoms with Gasteiger partial charge in [0.25, 0.3) is 0 Å². The van der Waals surface area contributed by atoms with E-state index in [1.807, 2.05) is 107 Å². The summed E-state index contributed by atoms with van der Waals surface area (Å²) in [4.78, 5) is 50.3. The highest BCUT2D eigenvalue weighted by molar-refractivity contribution is 6.14. The molecule has 0 fully saturated rings. The van der Waals surface area contributed by atoms with E-state index >= 15 is 0 Å². The van der Waals surface area contributed by atoms with E-state index in [2.05, 4.69) is 0 Å². The highest BCUT2D eigenvalue weighted by Gasteiger charge is 2.18. The minimum atomic E-state index is -0.0374. The van der Waals surface area contributed by atoms with E-state index in [9.17, 15) is 19.2 Å². The fourth-order valence-electron chi connectivity index (χ4n) is 5.40. The summed E-state index contributed by atoms with van der Waals surface area (Å²) in [6, 6.07) is 43.8. The van der Waals surface area contributed by atoms with Crippen LogP contribution in [0.4, 0.5) is 0 Å². The summed E-state index contributed by atoms with van der Waals surface area (Å²) < 4.78 is 0. The van der Waals surface area contributed by atoms with Gasteiger partial charge in [-0.15, -0.1) is 0 Å². The monoisotopic (exact) mass is 628 g/mol. The second-order valence-corrected chi connectivity index (χ2v) is 11.8. The molecular formula is C44H36O4. The van der Waals surface area contributed by atoms with Crippen LogP contribution in [0.3, 0.4) is 0 Å². The van der Waals surface area contributed by atoms with Crippen molar-refractivity contribution in [1.82, 2.24) is 0 Å². The van der Waals surface area contributed by atoms with Gasteiger partial charge in [0.05, 0.1) is 0 Å². The van der Waals surface area contributed by atoms with Crippen LogP contribution in [0.2, 0.25) is 0 Å². The summed E-state index contributed by atoms with van der Waals surface area (Å²) in [7, 11) is 0. The fraction of sp³-hybridized carbons (Fsp3) is 0.0909. The van der Waals surface area contributed by atoms with E-state index in [4.69, 9.17) is 0 Å². The average molecular weight is 629 g/mol. The van der Waals surface area contributed by atoms with Gasteiger partial charge in [-0.25, -0.2) is 0 Å². The zero-order valence-corrected chi connectivity index (χ0v) is 27.5. The molecule has 6 aromatic carbocycles. The standard InChI is InChI=1S/2C22H18O2/c1-15-16(2)20(22(24)18-11-7-4-8-12-18)14-13-19(15)21(23)17-9-5-3-6-10-17;1-15-6-8-17(9-7-15)21(23)18-10-12-19(13-11-18)22(24)20-5-3-4-16(2)14-20/h2*3-14H,1-2H3. The van der Waals surface area contributed by atoms with Crippen LogP contribution < -0.4 is 0 Å². The molecule has 0 aliphatic carbocycles. The van der Waals surface area contributed by atoms with Crippen LogP contribution >= 0.6 is 0 Å². The molecule has 6 rings (SSSR count). The molecule has 236 valence electrons. The summed E-state index contributed by atoms with van der Waals surface area (Å²) >= 11 is 0. The number of carbonyl (C=O) groups excluding carboxylic acids is 4. The normalized spacial score (nSPS) is 10.4. The average Bonchev–Trinajstić information content (AvgIpc) is 3.13. The maximum Gasteiger partial charge on any atom is 0.193 e. The number of rotatable bonds is 8. The molecular weight excluding hydrogens is 592 g/mol. The third-order valence-corrected chi connectivity index (χ3v) is 8.35. The van der Waals surface area contributed by atoms with Gasteiger partial charge < -0.3 is 0 Å². The number of carbonyl (C=O) groups is 4. The van der Waals surface area contributed by atoms with Crippen LogP contribution in [0.1, 0.15) is 85.9 Å². The van der Waals surface area contributed by atoms with Crippen LogP contribution in [-0.4, -0.2) is 23.1 Å². The first-order valence-electron chi connectivity index (χ1n) is 15.8. The Labute approximate surface area is 281 Å². The molecule has 0 radical (unpaired) electrons. The van der Waals surface area contributed by atoms with E-state index < -0.39 is 0 Å². The smallest absolute Gasteiger partial charge is 0.193 e. The van der Waals surface area contributed by atoms with Crippen molar-refractivity contribution in [3.8, 4) is 0 Å². The van der Waals surface area contributed by atoms with E-state index in [1.54, 1.807) is 66.7 Å². The number of aryl methyl sites for hydroxylation is 2. The van der Waals surface area contributed by atoms with E-state index in [1.165, 1.54) is 0 Å². The second-order valence-electron chi connectivity index (χ2n) is 11.8. The summed E-state index contributed by atoms with van der Waals surface area (Å²) in [6.07, 6.45) is 0. The maximum atomic E-state index is 12.7. The Hall–Kier alpha value is -6.00. The lowest BCUT2D eigenvalue weighted by molar-refractivity contribution is 0.102. The van der Waals surface area contributed by atoms with Gasteiger partial charge in [0.2, 0.25) is 0 Å². The van der Waals surface area contributed by atoms with Crippen LogP contribution in [0.25, 0.3) is 0 Å². The first-order chi connectivity index (χ1) is 23.1. The number of ketones is 4. The van der Waals surface area contributed by atoms with Gasteiger partial charge in [-0.1, -0.05) is 151 Å². The van der Waals surface area contributed by atoms with Gasteiger partial charge in [0.1, 0.15) is 0 Å². The van der Waals surface area contributed by atoms with Crippen molar-refractivity contribution >= 4 is 23.1 Å². The largest absolute Gasteiger partial charge is 0.289 e. The molecule has 0 heterocycles. The Morgan fingerprint density at radius 2 is 0.667 bits per heavy atom. The van der Waals surface area contributed by atoms with Gasteiger partial charge in [-0.05, 0) is 44.9 Å². The summed E-state index contributed by atoms with van der Waals surface area (Å²) in [5.74, 6) is -0.109. The number of benzene rings is 6. The Bertz CT molecular complexity index is 2010. The Morgan fingerprint density at radius 3 is 1.08 bits per heavy atom. The van der Waals surface area contributed by atoms with Gasteiger partial charge in [-0.2, -0.15) is 0 Å². The van der Waals surface area contributed by atoms with Gasteiger partial charge in [-0.3, -0.25) is 19.2 Å². The molecule has 0 spiro atoms. The molecule has 6 aromatic rings. The molecule has 0 amide bonds. The lowest BCUT2D eigenvalue weighted by atomic mass is 9.90. The van der Waals surface area contributed by atoms with E-state index in [0.29, 0.717) is 44.5 Å². The van der Waals surface area contributed by atoms with Gasteiger partial charge in [0.15, 0.2) is 23.1 Å². The van der Waals surface area contributed by atoms with E-state index in [0.717, 1.165) is 22.3 Å². The molecule has 0 saturated heterocycles. The molecule has 4 heteroatoms. The number of hydrogen-bond donors (Lipinski definition) is 0. The van der Waals surface area contributed by atoms with E-state index in [-0.39, 0.29) is 23.1 Å². The highest BCUT2D eigenvalue weighted by atomic mass is 16.1. The maximum absolute atomic E-state index is 12.7. The number of hydrogen-bond acceptors (Lipinski definition) is 4. The Balaban J connectivity index is 0.000000188. The first kappa shape index (κ1) is 33.4. The quantitative estimate of drug-likeness (QED) is 0.158. The minimum Gasteiger partial charge on any atom is -0.289 e. The van der Waals surface area contributed by atoms with Gasteiger partial charge in [0, 0.05) is 44.5 Å². The molecule has 0 atom stereocenters. The van der Waals surface area contributed by atoms with Crippen molar-refractivity contribution in [2.45, 2.75) is 27.7 Å². The van der Waals surface area contributed by atoms with Crippen LogP contribution in [0.5, 0.6) is 0 Å². The zero-order valence-electron chi connectivity index (χ0n) is 27.5. The molecule has 0 bridgehead atoms. The molecule has 0 saturated carbocycles. The zero-order chi connectivity index (χ0) is 34.2. The topological polar surface area (TPSA) is 68.3 Å². The molecule has 0 aromatic heterocycles. The molecule has 4 nitrogen and oxygen atoms in total. The van der Waals surface area contributed by atoms with Crippen molar-refractivity contribution < 1.29 is 19.2 Å². The summed E-state index contributed by atoms with van der Waals surface area (Å²) in [6.45, 7) is 7.74. The van der Waals surface area contributed by atoms with Crippen molar-refractivity contribution in [3.63, 3.8) is 0 Å². The predicted octanol–water partition coefficient (Wildman–Crippen LogP) is 9.53. The van der Waals surface area contributed by atoms with Gasteiger partial charge >= 0.3 is 0 Å². The SMILES string of the molecule is Cc1c(C(=O)c2ccccc2)ccc(C(=O)c2ccccc2)c1C.Cc1ccc(C(=O)c2ccc(C(=O)c3cccc(C)c3)cc2)cc1. The van der Waals surface area contributed by atoms with Crippen LogP contribution in [0, 0.1) is 27.7 Å².